The molecule has 2 rings (SSSR count). The number of amides is 2. The van der Waals surface area contributed by atoms with Gasteiger partial charge in [0.05, 0.1) is 11.7 Å². The van der Waals surface area contributed by atoms with Crippen LogP contribution in [0.1, 0.15) is 20.8 Å². The molecule has 1 aromatic carbocycles. The van der Waals surface area contributed by atoms with E-state index in [0.717, 1.165) is 0 Å². The van der Waals surface area contributed by atoms with Gasteiger partial charge >= 0.3 is 6.09 Å². The zero-order valence-electron chi connectivity index (χ0n) is 13.8. The number of benzene rings is 1. The van der Waals surface area contributed by atoms with E-state index in [-0.39, 0.29) is 24.6 Å². The summed E-state index contributed by atoms with van der Waals surface area (Å²) >= 11 is 0. The number of hydrogen-bond acceptors (Lipinski definition) is 4. The molecule has 0 atom stereocenters. The van der Waals surface area contributed by atoms with Gasteiger partial charge in [0.1, 0.15) is 18.0 Å². The van der Waals surface area contributed by atoms with Crippen LogP contribution in [0.15, 0.2) is 35.1 Å². The van der Waals surface area contributed by atoms with Crippen LogP contribution in [0.5, 0.6) is 5.75 Å². The fourth-order valence-corrected chi connectivity index (χ4v) is 1.92. The molecule has 0 saturated heterocycles. The normalized spacial score (nSPS) is 13.7. The van der Waals surface area contributed by atoms with Crippen LogP contribution in [0.25, 0.3) is 6.08 Å². The van der Waals surface area contributed by atoms with Crippen molar-refractivity contribution in [2.45, 2.75) is 26.4 Å². The Hall–Kier alpha value is -2.70. The summed E-state index contributed by atoms with van der Waals surface area (Å²) in [6, 6.07) is 4.96. The average Bonchev–Trinajstić information content (AvgIpc) is 2.84. The summed E-state index contributed by atoms with van der Waals surface area (Å²) in [6.45, 7) is 5.14. The Morgan fingerprint density at radius 2 is 2.12 bits per heavy atom. The molecule has 0 spiro atoms. The summed E-state index contributed by atoms with van der Waals surface area (Å²) < 4.78 is 23.5. The molecule has 1 heterocycles. The molecule has 1 aromatic rings. The fourth-order valence-electron chi connectivity index (χ4n) is 1.92. The Balaban J connectivity index is 1.88. The number of carbonyl (C=O) groups is 2. The van der Waals surface area contributed by atoms with Crippen molar-refractivity contribution in [3.05, 3.63) is 40.7 Å². The van der Waals surface area contributed by atoms with Crippen LogP contribution in [0, 0.1) is 0 Å². The van der Waals surface area contributed by atoms with Crippen LogP contribution in [0.2, 0.25) is 0 Å². The lowest BCUT2D eigenvalue weighted by Crippen LogP contribution is -2.34. The molecule has 7 heteroatoms. The van der Waals surface area contributed by atoms with Crippen molar-refractivity contribution in [2.24, 2.45) is 4.99 Å². The van der Waals surface area contributed by atoms with Gasteiger partial charge in [-0.1, -0.05) is 0 Å². The van der Waals surface area contributed by atoms with E-state index in [4.69, 9.17) is 9.47 Å². The molecule has 1 N–H and O–H groups in total. The molecule has 6 nitrogen and oxygen atoms in total. The highest BCUT2D eigenvalue weighted by Gasteiger charge is 2.16. The SMILES string of the molecule is CC(C)(C)OC(=O)NC/C(=C\F)COc1ccc2c(c1)=CC(=O)N=2. The van der Waals surface area contributed by atoms with E-state index < -0.39 is 11.7 Å². The molecule has 24 heavy (non-hydrogen) atoms. The maximum absolute atomic E-state index is 12.9. The van der Waals surface area contributed by atoms with E-state index in [1.54, 1.807) is 39.0 Å². The minimum atomic E-state index is -0.630. The topological polar surface area (TPSA) is 77.0 Å². The summed E-state index contributed by atoms with van der Waals surface area (Å²) in [5, 5.41) is 3.70. The predicted octanol–water partition coefficient (Wildman–Crippen LogP) is 1.38. The first-order chi connectivity index (χ1) is 11.3. The summed E-state index contributed by atoms with van der Waals surface area (Å²) in [5.41, 5.74) is -0.380. The first-order valence-electron chi connectivity index (χ1n) is 7.39. The second-order valence-electron chi connectivity index (χ2n) is 6.23. The molecular formula is C17H19FN2O4. The molecular weight excluding hydrogens is 315 g/mol. The second kappa shape index (κ2) is 7.25. The molecule has 128 valence electrons. The van der Waals surface area contributed by atoms with Crippen LogP contribution in [-0.2, 0) is 9.53 Å². The van der Waals surface area contributed by atoms with Gasteiger partial charge in [-0.2, -0.15) is 0 Å². The van der Waals surface area contributed by atoms with Gasteiger partial charge in [-0.25, -0.2) is 14.2 Å². The number of nitrogens with zero attached hydrogens (tertiary/aromatic N) is 1. The zero-order valence-corrected chi connectivity index (χ0v) is 13.8. The molecule has 0 aliphatic carbocycles. The highest BCUT2D eigenvalue weighted by molar-refractivity contribution is 6.06. The largest absolute Gasteiger partial charge is 0.489 e. The van der Waals surface area contributed by atoms with E-state index in [1.807, 2.05) is 0 Å². The predicted molar refractivity (Wildman–Crippen MR) is 85.6 cm³/mol. The van der Waals surface area contributed by atoms with E-state index in [2.05, 4.69) is 10.3 Å². The molecule has 0 bridgehead atoms. The summed E-state index contributed by atoms with van der Waals surface area (Å²) in [4.78, 5) is 26.5. The number of carbonyl (C=O) groups excluding carboxylic acids is 2. The highest BCUT2D eigenvalue weighted by Crippen LogP contribution is 2.09. The first kappa shape index (κ1) is 17.7. The highest BCUT2D eigenvalue weighted by atomic mass is 19.1. The number of hydrogen-bond donors (Lipinski definition) is 1. The third-order valence-corrected chi connectivity index (χ3v) is 2.95. The van der Waals surface area contributed by atoms with Crippen molar-refractivity contribution in [3.63, 3.8) is 0 Å². The number of nitrogens with one attached hydrogen (secondary N) is 1. The average molecular weight is 334 g/mol. The van der Waals surface area contributed by atoms with Crippen molar-refractivity contribution < 1.29 is 23.5 Å². The van der Waals surface area contributed by atoms with Crippen LogP contribution >= 0.6 is 0 Å². The lowest BCUT2D eigenvalue weighted by Gasteiger charge is -2.20. The molecule has 1 aliphatic rings. The van der Waals surface area contributed by atoms with Crippen molar-refractivity contribution >= 4 is 18.1 Å². The zero-order chi connectivity index (χ0) is 17.7. The Bertz CT molecular complexity index is 794. The van der Waals surface area contributed by atoms with Gasteiger partial charge in [-0.05, 0) is 39.0 Å². The molecule has 0 radical (unpaired) electrons. The minimum Gasteiger partial charge on any atom is -0.489 e. The summed E-state index contributed by atoms with van der Waals surface area (Å²) in [5.74, 6) is 0.166. The fraction of sp³-hybridized carbons (Fsp3) is 0.353. The van der Waals surface area contributed by atoms with E-state index in [1.165, 1.54) is 6.08 Å². The first-order valence-corrected chi connectivity index (χ1v) is 7.39. The molecule has 0 aromatic heterocycles. The maximum Gasteiger partial charge on any atom is 0.407 e. The second-order valence-corrected chi connectivity index (χ2v) is 6.23. The minimum absolute atomic E-state index is 0.0315. The Morgan fingerprint density at radius 1 is 1.38 bits per heavy atom. The molecule has 1 aliphatic heterocycles. The number of rotatable bonds is 5. The number of ether oxygens (including phenoxy) is 2. The van der Waals surface area contributed by atoms with Gasteiger partial charge in [0.15, 0.2) is 0 Å². The van der Waals surface area contributed by atoms with Gasteiger partial charge in [-0.3, -0.25) is 4.79 Å². The number of fused-ring (bicyclic) bond motifs is 1. The molecule has 0 saturated carbocycles. The standard InChI is InChI=1S/C17H19FN2O4/c1-17(2,3)24-16(22)19-9-11(8-18)10-23-13-4-5-14-12(6-13)7-15(21)20-14/h4-8H,9-10H2,1-3H3,(H,19,22)/b11-8+. The van der Waals surface area contributed by atoms with Gasteiger partial charge in [0, 0.05) is 23.4 Å². The van der Waals surface area contributed by atoms with Crippen molar-refractivity contribution in [2.75, 3.05) is 13.2 Å². The summed E-state index contributed by atoms with van der Waals surface area (Å²) in [6.07, 6.45) is 1.16. The van der Waals surface area contributed by atoms with Crippen molar-refractivity contribution in [3.8, 4) is 5.75 Å². The number of alkyl carbamates (subject to hydrolysis) is 1. The smallest absolute Gasteiger partial charge is 0.407 e. The lowest BCUT2D eigenvalue weighted by atomic mass is 10.2. The monoisotopic (exact) mass is 334 g/mol. The third-order valence-electron chi connectivity index (χ3n) is 2.95. The van der Waals surface area contributed by atoms with Gasteiger partial charge in [0.25, 0.3) is 5.91 Å². The quantitative estimate of drug-likeness (QED) is 0.883. The van der Waals surface area contributed by atoms with Crippen LogP contribution in [-0.4, -0.2) is 30.8 Å². The lowest BCUT2D eigenvalue weighted by molar-refractivity contribution is -0.112. The Morgan fingerprint density at radius 3 is 2.79 bits per heavy atom. The van der Waals surface area contributed by atoms with Crippen LogP contribution < -0.4 is 20.6 Å². The van der Waals surface area contributed by atoms with E-state index in [9.17, 15) is 14.0 Å². The van der Waals surface area contributed by atoms with Crippen molar-refractivity contribution in [1.82, 2.24) is 5.32 Å². The van der Waals surface area contributed by atoms with E-state index >= 15 is 0 Å². The summed E-state index contributed by atoms with van der Waals surface area (Å²) in [7, 11) is 0. The van der Waals surface area contributed by atoms with Crippen LogP contribution in [0.4, 0.5) is 9.18 Å². The van der Waals surface area contributed by atoms with Gasteiger partial charge in [-0.15, -0.1) is 0 Å². The Labute approximate surface area is 138 Å². The molecule has 0 fully saturated rings. The Kier molecular flexibility index (Phi) is 5.33. The van der Waals surface area contributed by atoms with E-state index in [0.29, 0.717) is 22.7 Å². The molecule has 2 amide bonds. The third kappa shape index (κ3) is 5.19. The van der Waals surface area contributed by atoms with Gasteiger partial charge < -0.3 is 14.8 Å². The number of halogens is 1. The van der Waals surface area contributed by atoms with Gasteiger partial charge in [0.2, 0.25) is 0 Å². The molecule has 0 unspecified atom stereocenters. The van der Waals surface area contributed by atoms with Crippen molar-refractivity contribution in [1.29, 1.82) is 0 Å². The van der Waals surface area contributed by atoms with Crippen LogP contribution in [0.3, 0.4) is 0 Å². The maximum atomic E-state index is 12.9.